The van der Waals surface area contributed by atoms with Gasteiger partial charge in [0.15, 0.2) is 0 Å². The quantitative estimate of drug-likeness (QED) is 0.912. The van der Waals surface area contributed by atoms with Crippen LogP contribution in [-0.4, -0.2) is 36.7 Å². The summed E-state index contributed by atoms with van der Waals surface area (Å²) in [5.41, 5.74) is 7.15. The number of nitrogens with zero attached hydrogens (tertiary/aromatic N) is 1. The molecule has 2 rings (SSSR count). The van der Waals surface area contributed by atoms with E-state index < -0.39 is 0 Å². The molecule has 1 aliphatic heterocycles. The molecule has 0 spiro atoms. The van der Waals surface area contributed by atoms with Crippen molar-refractivity contribution >= 4 is 27.5 Å². The number of halogens is 2. The fraction of sp³-hybridized carbons (Fsp3) is 0.571. The predicted molar refractivity (Wildman–Crippen MR) is 82.5 cm³/mol. The Morgan fingerprint density at radius 1 is 1.42 bits per heavy atom. The lowest BCUT2D eigenvalue weighted by Crippen LogP contribution is -2.48. The van der Waals surface area contributed by atoms with Gasteiger partial charge in [-0.2, -0.15) is 0 Å². The molecule has 0 amide bonds. The highest BCUT2D eigenvalue weighted by molar-refractivity contribution is 9.10. The van der Waals surface area contributed by atoms with Crippen molar-refractivity contribution in [2.45, 2.75) is 32.1 Å². The lowest BCUT2D eigenvalue weighted by molar-refractivity contribution is -0.0800. The highest BCUT2D eigenvalue weighted by atomic mass is 79.9. The van der Waals surface area contributed by atoms with Gasteiger partial charge < -0.3 is 10.5 Å². The molecule has 1 aromatic rings. The summed E-state index contributed by atoms with van der Waals surface area (Å²) >= 11 is 9.71. The van der Waals surface area contributed by atoms with Crippen molar-refractivity contribution in [2.75, 3.05) is 19.6 Å². The minimum Gasteiger partial charge on any atom is -0.373 e. The van der Waals surface area contributed by atoms with E-state index in [1.54, 1.807) is 0 Å². The van der Waals surface area contributed by atoms with Crippen molar-refractivity contribution in [1.82, 2.24) is 4.90 Å². The molecule has 0 aromatic heterocycles. The van der Waals surface area contributed by atoms with E-state index in [1.807, 2.05) is 18.2 Å². The van der Waals surface area contributed by atoms with Gasteiger partial charge in [-0.3, -0.25) is 4.90 Å². The van der Waals surface area contributed by atoms with Crippen molar-refractivity contribution in [3.63, 3.8) is 0 Å². The van der Waals surface area contributed by atoms with Gasteiger partial charge in [-0.15, -0.1) is 0 Å². The zero-order valence-electron chi connectivity index (χ0n) is 11.3. The molecule has 1 heterocycles. The van der Waals surface area contributed by atoms with E-state index in [9.17, 15) is 0 Å². The monoisotopic (exact) mass is 346 g/mol. The van der Waals surface area contributed by atoms with Crippen molar-refractivity contribution in [3.05, 3.63) is 33.3 Å². The van der Waals surface area contributed by atoms with Gasteiger partial charge in [-0.05, 0) is 37.6 Å². The van der Waals surface area contributed by atoms with Crippen molar-refractivity contribution in [1.29, 1.82) is 0 Å². The molecule has 5 heteroatoms. The predicted octanol–water partition coefficient (Wildman–Crippen LogP) is 3.21. The summed E-state index contributed by atoms with van der Waals surface area (Å²) in [6, 6.07) is 6.02. The van der Waals surface area contributed by atoms with E-state index >= 15 is 0 Å². The zero-order valence-corrected chi connectivity index (χ0v) is 13.6. The van der Waals surface area contributed by atoms with Crippen LogP contribution in [0, 0.1) is 0 Å². The summed E-state index contributed by atoms with van der Waals surface area (Å²) in [7, 11) is 0. The minimum atomic E-state index is 0.168. The normalized spacial score (nSPS) is 26.4. The Kier molecular flexibility index (Phi) is 5.26. The van der Waals surface area contributed by atoms with E-state index in [4.69, 9.17) is 22.1 Å². The molecule has 19 heavy (non-hydrogen) atoms. The Hall–Kier alpha value is -0.130. The number of benzene rings is 1. The first-order valence-corrected chi connectivity index (χ1v) is 7.73. The van der Waals surface area contributed by atoms with Gasteiger partial charge >= 0.3 is 0 Å². The van der Waals surface area contributed by atoms with Crippen LogP contribution < -0.4 is 5.73 Å². The molecule has 1 saturated heterocycles. The average molecular weight is 348 g/mol. The molecule has 106 valence electrons. The molecule has 2 N–H and O–H groups in total. The average Bonchev–Trinajstić information content (AvgIpc) is 2.33. The Labute approximate surface area is 128 Å². The fourth-order valence-electron chi connectivity index (χ4n) is 2.71. The van der Waals surface area contributed by atoms with Gasteiger partial charge in [-0.25, -0.2) is 0 Å². The van der Waals surface area contributed by atoms with Crippen molar-refractivity contribution < 1.29 is 4.74 Å². The third kappa shape index (κ3) is 3.70. The third-order valence-electron chi connectivity index (χ3n) is 3.43. The van der Waals surface area contributed by atoms with Gasteiger partial charge in [0.2, 0.25) is 0 Å². The number of hydrogen-bond acceptors (Lipinski definition) is 3. The highest BCUT2D eigenvalue weighted by Gasteiger charge is 2.29. The molecule has 0 bridgehead atoms. The zero-order chi connectivity index (χ0) is 14.0. The van der Waals surface area contributed by atoms with E-state index in [-0.39, 0.29) is 18.2 Å². The summed E-state index contributed by atoms with van der Waals surface area (Å²) in [5.74, 6) is 0. The summed E-state index contributed by atoms with van der Waals surface area (Å²) in [6.45, 7) is 6.56. The van der Waals surface area contributed by atoms with Crippen LogP contribution in [0.4, 0.5) is 0 Å². The second kappa shape index (κ2) is 6.55. The van der Waals surface area contributed by atoms with Gasteiger partial charge in [0.05, 0.1) is 12.2 Å². The summed E-state index contributed by atoms with van der Waals surface area (Å²) in [4.78, 5) is 2.38. The maximum absolute atomic E-state index is 6.11. The molecule has 1 aliphatic rings. The standard InChI is InChI=1S/C14H20BrClN2O/c1-9-7-18(8-10(2)19-9)14(6-17)12-5-11(16)3-4-13(12)15/h3-5,9-10,14H,6-8,17H2,1-2H3. The van der Waals surface area contributed by atoms with Crippen LogP contribution in [-0.2, 0) is 4.74 Å². The number of morpholine rings is 1. The van der Waals surface area contributed by atoms with E-state index in [0.717, 1.165) is 28.1 Å². The van der Waals surface area contributed by atoms with Gasteiger partial charge in [0.1, 0.15) is 0 Å². The lowest BCUT2D eigenvalue weighted by Gasteiger charge is -2.40. The maximum atomic E-state index is 6.11. The molecular formula is C14H20BrClN2O. The largest absolute Gasteiger partial charge is 0.373 e. The third-order valence-corrected chi connectivity index (χ3v) is 4.39. The summed E-state index contributed by atoms with van der Waals surface area (Å²) < 4.78 is 6.84. The van der Waals surface area contributed by atoms with Gasteiger partial charge in [0, 0.05) is 35.2 Å². The lowest BCUT2D eigenvalue weighted by atomic mass is 10.0. The Morgan fingerprint density at radius 2 is 2.05 bits per heavy atom. The molecule has 3 nitrogen and oxygen atoms in total. The minimum absolute atomic E-state index is 0.168. The second-order valence-corrected chi connectivity index (χ2v) is 6.42. The highest BCUT2D eigenvalue weighted by Crippen LogP contribution is 2.31. The fourth-order valence-corrected chi connectivity index (χ4v) is 3.41. The number of rotatable bonds is 3. The second-order valence-electron chi connectivity index (χ2n) is 5.13. The Morgan fingerprint density at radius 3 is 2.63 bits per heavy atom. The van der Waals surface area contributed by atoms with Crippen molar-refractivity contribution in [3.8, 4) is 0 Å². The van der Waals surface area contributed by atoms with E-state index in [2.05, 4.69) is 34.7 Å². The molecule has 0 radical (unpaired) electrons. The Balaban J connectivity index is 2.26. The number of nitrogens with two attached hydrogens (primary N) is 1. The first-order chi connectivity index (χ1) is 9.01. The molecular weight excluding hydrogens is 328 g/mol. The van der Waals surface area contributed by atoms with Crippen LogP contribution in [0.15, 0.2) is 22.7 Å². The van der Waals surface area contributed by atoms with Gasteiger partial charge in [-0.1, -0.05) is 27.5 Å². The van der Waals surface area contributed by atoms with Crippen LogP contribution in [0.2, 0.25) is 5.02 Å². The summed E-state index contributed by atoms with van der Waals surface area (Å²) in [6.07, 6.45) is 0.464. The van der Waals surface area contributed by atoms with E-state index in [1.165, 1.54) is 0 Å². The Bertz CT molecular complexity index is 433. The molecule has 1 fully saturated rings. The molecule has 0 saturated carbocycles. The van der Waals surface area contributed by atoms with Crippen LogP contribution in [0.5, 0.6) is 0 Å². The molecule has 3 unspecified atom stereocenters. The SMILES string of the molecule is CC1CN(C(CN)c2cc(Cl)ccc2Br)CC(C)O1. The topological polar surface area (TPSA) is 38.5 Å². The summed E-state index contributed by atoms with van der Waals surface area (Å²) in [5, 5.41) is 0.742. The first kappa shape index (κ1) is 15.3. The van der Waals surface area contributed by atoms with Crippen LogP contribution in [0.3, 0.4) is 0 Å². The van der Waals surface area contributed by atoms with Crippen LogP contribution in [0.1, 0.15) is 25.5 Å². The van der Waals surface area contributed by atoms with E-state index in [0.29, 0.717) is 6.54 Å². The van der Waals surface area contributed by atoms with Crippen LogP contribution >= 0.6 is 27.5 Å². The molecule has 0 aliphatic carbocycles. The van der Waals surface area contributed by atoms with Crippen molar-refractivity contribution in [2.24, 2.45) is 5.73 Å². The van der Waals surface area contributed by atoms with Gasteiger partial charge in [0.25, 0.3) is 0 Å². The van der Waals surface area contributed by atoms with Crippen LogP contribution in [0.25, 0.3) is 0 Å². The number of hydrogen-bond donors (Lipinski definition) is 1. The molecule has 3 atom stereocenters. The smallest absolute Gasteiger partial charge is 0.0678 e. The molecule has 1 aromatic carbocycles. The first-order valence-electron chi connectivity index (χ1n) is 6.55. The number of ether oxygens (including phenoxy) is 1. The maximum Gasteiger partial charge on any atom is 0.0678 e.